The number of benzene rings is 9. The van der Waals surface area contributed by atoms with Crippen molar-refractivity contribution in [2.24, 2.45) is 0 Å². The first-order chi connectivity index (χ1) is 30.8. The number of anilines is 2. The second-order valence-corrected chi connectivity index (χ2v) is 18.8. The molecule has 3 aliphatic carbocycles. The van der Waals surface area contributed by atoms with E-state index in [4.69, 9.17) is 0 Å². The standard InChI is InChI=1S/C62H49N/c1-61(2)54-27-13-9-23-48(54)53-39-42(34-37-56(53)61)45-20-11-15-30-58(45)63(43-35-32-40(33-36-43)52-38-41-18-5-6-19-44(41)46-21-7-8-22-47(46)52)59-31-16-12-24-49(59)50-26-17-29-57-60(50)51-25-10-14-28-55(51)62(57,3)4/h5-32,34-40H,33H2,1-4H3. The molecule has 9 aromatic rings. The third-order valence-corrected chi connectivity index (χ3v) is 14.6. The largest absolute Gasteiger partial charge is 0.310 e. The van der Waals surface area contributed by atoms with Crippen molar-refractivity contribution in [1.82, 2.24) is 0 Å². The van der Waals surface area contributed by atoms with E-state index in [1.54, 1.807) is 0 Å². The minimum absolute atomic E-state index is 0.0529. The van der Waals surface area contributed by atoms with Gasteiger partial charge in [0.25, 0.3) is 0 Å². The van der Waals surface area contributed by atoms with Crippen molar-refractivity contribution in [3.05, 3.63) is 240 Å². The molecule has 1 heteroatoms. The number of nitrogens with zero attached hydrogens (tertiary/aromatic N) is 1. The molecule has 0 N–H and O–H groups in total. The van der Waals surface area contributed by atoms with Crippen LogP contribution in [0.3, 0.4) is 0 Å². The van der Waals surface area contributed by atoms with Crippen molar-refractivity contribution in [3.63, 3.8) is 0 Å². The monoisotopic (exact) mass is 807 g/mol. The molecule has 0 heterocycles. The topological polar surface area (TPSA) is 3.24 Å². The van der Waals surface area contributed by atoms with Crippen molar-refractivity contribution in [2.75, 3.05) is 4.90 Å². The van der Waals surface area contributed by atoms with Crippen LogP contribution in [0.2, 0.25) is 0 Å². The van der Waals surface area contributed by atoms with Crippen LogP contribution in [0.5, 0.6) is 0 Å². The van der Waals surface area contributed by atoms with Gasteiger partial charge in [-0.05, 0) is 120 Å². The molecule has 1 atom stereocenters. The minimum Gasteiger partial charge on any atom is -0.310 e. The predicted molar refractivity (Wildman–Crippen MR) is 267 cm³/mol. The van der Waals surface area contributed by atoms with Gasteiger partial charge in [0.2, 0.25) is 0 Å². The summed E-state index contributed by atoms with van der Waals surface area (Å²) in [7, 11) is 0. The summed E-state index contributed by atoms with van der Waals surface area (Å²) >= 11 is 0. The van der Waals surface area contributed by atoms with Crippen LogP contribution in [0.25, 0.3) is 66.1 Å². The van der Waals surface area contributed by atoms with E-state index in [0.29, 0.717) is 0 Å². The number of fused-ring (bicyclic) bond motifs is 9. The van der Waals surface area contributed by atoms with Gasteiger partial charge < -0.3 is 4.90 Å². The smallest absolute Gasteiger partial charge is 0.0540 e. The highest BCUT2D eigenvalue weighted by atomic mass is 15.2. The fourth-order valence-corrected chi connectivity index (χ4v) is 11.5. The van der Waals surface area contributed by atoms with Crippen LogP contribution >= 0.6 is 0 Å². The Morgan fingerprint density at radius 1 is 0.429 bits per heavy atom. The molecular weight excluding hydrogens is 759 g/mol. The van der Waals surface area contributed by atoms with Crippen molar-refractivity contribution < 1.29 is 0 Å². The molecule has 9 aromatic carbocycles. The Morgan fingerprint density at radius 2 is 0.984 bits per heavy atom. The fourth-order valence-electron chi connectivity index (χ4n) is 11.5. The van der Waals surface area contributed by atoms with Gasteiger partial charge in [0.15, 0.2) is 0 Å². The SMILES string of the molecule is CC1(C)c2ccccc2-c2cc(-c3ccccc3N(C3=CCC(c4cc5ccccc5c5ccccc45)C=C3)c3ccccc3-c3cccc4c3-c3ccccc3C4(C)C)ccc21. The van der Waals surface area contributed by atoms with Gasteiger partial charge in [0.05, 0.1) is 11.4 Å². The van der Waals surface area contributed by atoms with E-state index >= 15 is 0 Å². The van der Waals surface area contributed by atoms with Gasteiger partial charge in [-0.2, -0.15) is 0 Å². The summed E-state index contributed by atoms with van der Waals surface area (Å²) in [6.45, 7) is 9.47. The Hall–Kier alpha value is -7.22. The highest BCUT2D eigenvalue weighted by Crippen LogP contribution is 2.55. The number of hydrogen-bond acceptors (Lipinski definition) is 1. The van der Waals surface area contributed by atoms with Gasteiger partial charge in [-0.3, -0.25) is 0 Å². The second-order valence-electron chi connectivity index (χ2n) is 18.8. The number of para-hydroxylation sites is 2. The molecule has 0 saturated carbocycles. The lowest BCUT2D eigenvalue weighted by atomic mass is 9.82. The number of allylic oxidation sites excluding steroid dienone is 3. The summed E-state index contributed by atoms with van der Waals surface area (Å²) in [5, 5.41) is 5.25. The molecule has 0 spiro atoms. The molecule has 0 amide bonds. The predicted octanol–water partition coefficient (Wildman–Crippen LogP) is 16.7. The van der Waals surface area contributed by atoms with Gasteiger partial charge in [0.1, 0.15) is 0 Å². The first-order valence-electron chi connectivity index (χ1n) is 22.5. The zero-order valence-electron chi connectivity index (χ0n) is 36.4. The maximum absolute atomic E-state index is 2.55. The van der Waals surface area contributed by atoms with Crippen LogP contribution in [0.4, 0.5) is 11.4 Å². The van der Waals surface area contributed by atoms with E-state index in [-0.39, 0.29) is 16.7 Å². The molecule has 0 fully saturated rings. The summed E-state index contributed by atoms with van der Waals surface area (Å²) in [5.41, 5.74) is 20.5. The molecule has 63 heavy (non-hydrogen) atoms. The third-order valence-electron chi connectivity index (χ3n) is 14.6. The Morgan fingerprint density at radius 3 is 1.75 bits per heavy atom. The average molecular weight is 808 g/mol. The highest BCUT2D eigenvalue weighted by molar-refractivity contribution is 6.09. The van der Waals surface area contributed by atoms with Crippen LogP contribution in [0.1, 0.15) is 67.9 Å². The molecule has 0 aromatic heterocycles. The minimum atomic E-state index is -0.0967. The lowest BCUT2D eigenvalue weighted by molar-refractivity contribution is 0.660. The Labute approximate surface area is 371 Å². The summed E-state index contributed by atoms with van der Waals surface area (Å²) in [4.78, 5) is 2.55. The zero-order chi connectivity index (χ0) is 42.5. The first kappa shape index (κ1) is 37.5. The first-order valence-corrected chi connectivity index (χ1v) is 22.5. The molecule has 0 radical (unpaired) electrons. The van der Waals surface area contributed by atoms with E-state index in [1.165, 1.54) is 105 Å². The van der Waals surface area contributed by atoms with E-state index in [2.05, 4.69) is 239 Å². The Balaban J connectivity index is 1.05. The van der Waals surface area contributed by atoms with E-state index in [9.17, 15) is 0 Å². The Bertz CT molecular complexity index is 3390. The van der Waals surface area contributed by atoms with Gasteiger partial charge >= 0.3 is 0 Å². The summed E-state index contributed by atoms with van der Waals surface area (Å²) in [5.74, 6) is 0.242. The maximum atomic E-state index is 2.55. The molecule has 302 valence electrons. The molecule has 1 unspecified atom stereocenters. The molecular formula is C62H49N. The Kier molecular flexibility index (Phi) is 8.44. The van der Waals surface area contributed by atoms with Crippen LogP contribution < -0.4 is 4.90 Å². The summed E-state index contributed by atoms with van der Waals surface area (Å²) in [6, 6.07) is 70.4. The van der Waals surface area contributed by atoms with Crippen LogP contribution in [-0.4, -0.2) is 0 Å². The van der Waals surface area contributed by atoms with Crippen molar-refractivity contribution >= 4 is 32.9 Å². The van der Waals surface area contributed by atoms with E-state index in [1.807, 2.05) is 0 Å². The van der Waals surface area contributed by atoms with Gasteiger partial charge in [-0.25, -0.2) is 0 Å². The van der Waals surface area contributed by atoms with Crippen LogP contribution in [0, 0.1) is 0 Å². The van der Waals surface area contributed by atoms with Gasteiger partial charge in [0, 0.05) is 33.6 Å². The van der Waals surface area contributed by atoms with Crippen molar-refractivity contribution in [1.29, 1.82) is 0 Å². The number of hydrogen-bond donors (Lipinski definition) is 0. The number of rotatable bonds is 6. The van der Waals surface area contributed by atoms with Crippen molar-refractivity contribution in [3.8, 4) is 44.5 Å². The highest BCUT2D eigenvalue weighted by Gasteiger charge is 2.38. The van der Waals surface area contributed by atoms with Gasteiger partial charge in [-0.1, -0.05) is 204 Å². The zero-order valence-corrected chi connectivity index (χ0v) is 36.4. The van der Waals surface area contributed by atoms with Crippen LogP contribution in [-0.2, 0) is 10.8 Å². The lowest BCUT2D eigenvalue weighted by Gasteiger charge is -2.33. The fraction of sp³-hybridized carbons (Fsp3) is 0.129. The average Bonchev–Trinajstić information content (AvgIpc) is 3.71. The molecule has 0 saturated heterocycles. The molecule has 0 aliphatic heterocycles. The molecule has 3 aliphatic rings. The third kappa shape index (κ3) is 5.69. The molecule has 1 nitrogen and oxygen atoms in total. The summed E-state index contributed by atoms with van der Waals surface area (Å²) in [6.07, 6.45) is 8.22. The second kappa shape index (κ2) is 14.2. The van der Waals surface area contributed by atoms with Crippen LogP contribution in [0.15, 0.2) is 212 Å². The van der Waals surface area contributed by atoms with Crippen molar-refractivity contribution in [2.45, 2.75) is 50.9 Å². The lowest BCUT2D eigenvalue weighted by Crippen LogP contribution is -2.19. The quantitative estimate of drug-likeness (QED) is 0.151. The molecule has 12 rings (SSSR count). The van der Waals surface area contributed by atoms with Gasteiger partial charge in [-0.15, -0.1) is 0 Å². The van der Waals surface area contributed by atoms with E-state index < -0.39 is 0 Å². The molecule has 0 bridgehead atoms. The normalized spacial score (nSPS) is 16.3. The maximum Gasteiger partial charge on any atom is 0.0540 e. The van der Waals surface area contributed by atoms with E-state index in [0.717, 1.165) is 12.1 Å². The summed E-state index contributed by atoms with van der Waals surface area (Å²) < 4.78 is 0.